The van der Waals surface area contributed by atoms with Crippen LogP contribution in [0.25, 0.3) is 0 Å². The van der Waals surface area contributed by atoms with Crippen molar-refractivity contribution in [3.8, 4) is 0 Å². The lowest BCUT2D eigenvalue weighted by atomic mass is 9.99. The number of rotatable bonds is 6. The summed E-state index contributed by atoms with van der Waals surface area (Å²) in [6, 6.07) is 9.36. The molecule has 0 aromatic heterocycles. The minimum absolute atomic E-state index is 0.00307. The van der Waals surface area contributed by atoms with E-state index in [0.717, 1.165) is 12.0 Å². The normalized spacial score (nSPS) is 17.6. The molecule has 0 aliphatic carbocycles. The maximum absolute atomic E-state index is 13.0. The molecule has 0 bridgehead atoms. The van der Waals surface area contributed by atoms with Crippen molar-refractivity contribution >= 4 is 54.8 Å². The summed E-state index contributed by atoms with van der Waals surface area (Å²) in [5, 5.41) is 0.193. The molecule has 1 aliphatic heterocycles. The van der Waals surface area contributed by atoms with Gasteiger partial charge in [-0.25, -0.2) is 16.8 Å². The second-order valence-electron chi connectivity index (χ2n) is 7.38. The largest absolute Gasteiger partial charge is 0.244 e. The molecule has 1 fully saturated rings. The van der Waals surface area contributed by atoms with E-state index in [1.165, 1.54) is 20.7 Å². The molecule has 1 atom stereocenters. The summed E-state index contributed by atoms with van der Waals surface area (Å²) >= 11 is 17.9. The third-order valence-corrected chi connectivity index (χ3v) is 10.5. The highest BCUT2D eigenvalue weighted by Crippen LogP contribution is 2.33. The van der Waals surface area contributed by atoms with Crippen LogP contribution in [0.5, 0.6) is 0 Å². The van der Waals surface area contributed by atoms with Crippen molar-refractivity contribution in [1.29, 1.82) is 0 Å². The zero-order chi connectivity index (χ0) is 23.0. The van der Waals surface area contributed by atoms with Crippen LogP contribution in [0.3, 0.4) is 0 Å². The molecule has 31 heavy (non-hydrogen) atoms. The lowest BCUT2D eigenvalue weighted by Gasteiger charge is -2.33. The predicted octanol–water partition coefficient (Wildman–Crippen LogP) is 4.86. The fourth-order valence-electron chi connectivity index (χ4n) is 3.34. The molecule has 170 valence electrons. The molecule has 1 aliphatic rings. The number of sulfonamides is 2. The number of halogens is 3. The fraction of sp³-hybridized carbons (Fsp3) is 0.400. The predicted molar refractivity (Wildman–Crippen MR) is 124 cm³/mol. The van der Waals surface area contributed by atoms with Gasteiger partial charge in [0.2, 0.25) is 20.0 Å². The molecule has 1 unspecified atom stereocenters. The summed E-state index contributed by atoms with van der Waals surface area (Å²) in [5.41, 5.74) is 1.08. The molecule has 6 nitrogen and oxygen atoms in total. The minimum Gasteiger partial charge on any atom is -0.207 e. The van der Waals surface area contributed by atoms with Gasteiger partial charge in [-0.2, -0.15) is 8.61 Å². The molecule has 2 aromatic carbocycles. The molecule has 1 heterocycles. The third-order valence-electron chi connectivity index (χ3n) is 5.49. The second-order valence-corrected chi connectivity index (χ2v) is 12.4. The Kier molecular flexibility index (Phi) is 7.63. The van der Waals surface area contributed by atoms with Crippen LogP contribution < -0.4 is 0 Å². The number of piperazine rings is 1. The number of benzene rings is 2. The maximum atomic E-state index is 13.0. The van der Waals surface area contributed by atoms with Crippen LogP contribution in [-0.4, -0.2) is 51.6 Å². The van der Waals surface area contributed by atoms with Gasteiger partial charge in [0, 0.05) is 26.2 Å². The van der Waals surface area contributed by atoms with Gasteiger partial charge in [-0.15, -0.1) is 0 Å². The van der Waals surface area contributed by atoms with E-state index in [9.17, 15) is 16.8 Å². The van der Waals surface area contributed by atoms with Crippen molar-refractivity contribution in [2.75, 3.05) is 26.2 Å². The van der Waals surface area contributed by atoms with Gasteiger partial charge in [-0.05, 0) is 42.2 Å². The second kappa shape index (κ2) is 9.55. The first kappa shape index (κ1) is 24.8. The summed E-state index contributed by atoms with van der Waals surface area (Å²) in [6.45, 7) is 4.24. The Morgan fingerprint density at radius 1 is 0.806 bits per heavy atom. The summed E-state index contributed by atoms with van der Waals surface area (Å²) in [6.07, 6.45) is 0.964. The standard InChI is InChI=1S/C20H23Cl3N2O4S2/c1-3-14(2)15-4-6-16(7-5-15)30(26,27)24-8-10-25(11-9-24)31(28,29)20-13-18(22)17(21)12-19(20)23/h4-7,12-14H,3,8-11H2,1-2H3. The van der Waals surface area contributed by atoms with E-state index in [0.29, 0.717) is 5.92 Å². The summed E-state index contributed by atoms with van der Waals surface area (Å²) in [7, 11) is -7.66. The highest BCUT2D eigenvalue weighted by Gasteiger charge is 2.35. The number of hydrogen-bond acceptors (Lipinski definition) is 4. The van der Waals surface area contributed by atoms with Crippen molar-refractivity contribution in [2.24, 2.45) is 0 Å². The molecule has 1 saturated heterocycles. The average molecular weight is 526 g/mol. The molecule has 2 aromatic rings. The van der Waals surface area contributed by atoms with Gasteiger partial charge in [0.15, 0.2) is 0 Å². The van der Waals surface area contributed by atoms with E-state index in [1.807, 2.05) is 12.1 Å². The molecule has 0 N–H and O–H groups in total. The highest BCUT2D eigenvalue weighted by molar-refractivity contribution is 7.89. The molecule has 0 amide bonds. The van der Waals surface area contributed by atoms with Crippen molar-refractivity contribution in [3.05, 3.63) is 57.0 Å². The third kappa shape index (κ3) is 5.05. The Morgan fingerprint density at radius 2 is 1.29 bits per heavy atom. The van der Waals surface area contributed by atoms with Gasteiger partial charge in [-0.1, -0.05) is 60.8 Å². The van der Waals surface area contributed by atoms with E-state index in [2.05, 4.69) is 13.8 Å². The first-order valence-electron chi connectivity index (χ1n) is 9.73. The van der Waals surface area contributed by atoms with Crippen molar-refractivity contribution in [1.82, 2.24) is 8.61 Å². The van der Waals surface area contributed by atoms with Gasteiger partial charge in [0.1, 0.15) is 4.90 Å². The van der Waals surface area contributed by atoms with Crippen LogP contribution in [0.2, 0.25) is 15.1 Å². The first-order chi connectivity index (χ1) is 14.5. The van der Waals surface area contributed by atoms with Crippen LogP contribution >= 0.6 is 34.8 Å². The summed E-state index contributed by atoms with van der Waals surface area (Å²) < 4.78 is 54.5. The van der Waals surface area contributed by atoms with E-state index in [-0.39, 0.29) is 51.0 Å². The smallest absolute Gasteiger partial charge is 0.207 e. The minimum atomic E-state index is -3.95. The van der Waals surface area contributed by atoms with Crippen LogP contribution in [0, 0.1) is 0 Å². The van der Waals surface area contributed by atoms with E-state index in [4.69, 9.17) is 34.8 Å². The lowest BCUT2D eigenvalue weighted by Crippen LogP contribution is -2.50. The average Bonchev–Trinajstić information content (AvgIpc) is 2.75. The summed E-state index contributed by atoms with van der Waals surface area (Å²) in [4.78, 5) is 0.0453. The van der Waals surface area contributed by atoms with Gasteiger partial charge in [0.25, 0.3) is 0 Å². The van der Waals surface area contributed by atoms with Gasteiger partial charge in [-0.3, -0.25) is 0 Å². The zero-order valence-electron chi connectivity index (χ0n) is 17.1. The van der Waals surface area contributed by atoms with Crippen LogP contribution in [0.4, 0.5) is 0 Å². The summed E-state index contributed by atoms with van der Waals surface area (Å²) in [5.74, 6) is 0.346. The number of nitrogens with zero attached hydrogens (tertiary/aromatic N) is 2. The molecular weight excluding hydrogens is 503 g/mol. The molecule has 0 radical (unpaired) electrons. The maximum Gasteiger partial charge on any atom is 0.244 e. The lowest BCUT2D eigenvalue weighted by molar-refractivity contribution is 0.273. The van der Waals surface area contributed by atoms with Crippen molar-refractivity contribution < 1.29 is 16.8 Å². The van der Waals surface area contributed by atoms with Crippen LogP contribution in [0.15, 0.2) is 46.2 Å². The SMILES string of the molecule is CCC(C)c1ccc(S(=O)(=O)N2CCN(S(=O)(=O)c3cc(Cl)c(Cl)cc3Cl)CC2)cc1. The van der Waals surface area contributed by atoms with E-state index in [1.54, 1.807) is 12.1 Å². The van der Waals surface area contributed by atoms with Gasteiger partial charge < -0.3 is 0 Å². The van der Waals surface area contributed by atoms with Crippen molar-refractivity contribution in [2.45, 2.75) is 36.0 Å². The van der Waals surface area contributed by atoms with Crippen LogP contribution in [0.1, 0.15) is 31.7 Å². The molecule has 3 rings (SSSR count). The topological polar surface area (TPSA) is 74.8 Å². The highest BCUT2D eigenvalue weighted by atomic mass is 35.5. The van der Waals surface area contributed by atoms with E-state index < -0.39 is 20.0 Å². The first-order valence-corrected chi connectivity index (χ1v) is 13.7. The Bertz CT molecular complexity index is 1160. The van der Waals surface area contributed by atoms with Crippen LogP contribution in [-0.2, 0) is 20.0 Å². The zero-order valence-corrected chi connectivity index (χ0v) is 21.0. The monoisotopic (exact) mass is 524 g/mol. The van der Waals surface area contributed by atoms with Gasteiger partial charge >= 0.3 is 0 Å². The Morgan fingerprint density at radius 3 is 1.81 bits per heavy atom. The molecule has 0 saturated carbocycles. The Labute approximate surface area is 198 Å². The fourth-order valence-corrected chi connectivity index (χ4v) is 7.17. The van der Waals surface area contributed by atoms with E-state index >= 15 is 0 Å². The quantitative estimate of drug-likeness (QED) is 0.505. The number of hydrogen-bond donors (Lipinski definition) is 0. The van der Waals surface area contributed by atoms with Gasteiger partial charge in [0.05, 0.1) is 20.0 Å². The molecule has 0 spiro atoms. The molecule has 11 heteroatoms. The molecular formula is C20H23Cl3N2O4S2. The Hall–Kier alpha value is -0.870. The Balaban J connectivity index is 1.76. The van der Waals surface area contributed by atoms with Crippen molar-refractivity contribution in [3.63, 3.8) is 0 Å².